The number of hydrogen-bond donors (Lipinski definition) is 1. The molecule has 2 fully saturated rings. The van der Waals surface area contributed by atoms with Gasteiger partial charge in [-0.15, -0.1) is 0 Å². The Bertz CT molecular complexity index is 648. The Hall–Kier alpha value is -1.88. The number of amides is 2. The van der Waals surface area contributed by atoms with E-state index in [0.29, 0.717) is 19.5 Å². The number of rotatable bonds is 2. The lowest BCUT2D eigenvalue weighted by Gasteiger charge is -2.32. The number of carbonyl (C=O) groups is 2. The molecule has 2 amide bonds. The van der Waals surface area contributed by atoms with Crippen molar-refractivity contribution in [3.8, 4) is 0 Å². The van der Waals surface area contributed by atoms with Crippen LogP contribution in [-0.2, 0) is 9.59 Å². The third-order valence-corrected chi connectivity index (χ3v) is 5.15. The molecule has 2 atom stereocenters. The van der Waals surface area contributed by atoms with Crippen LogP contribution < -0.4 is 10.6 Å². The third kappa shape index (κ3) is 3.18. The smallest absolute Gasteiger partial charge is 0.228 e. The highest BCUT2D eigenvalue weighted by Crippen LogP contribution is 2.32. The first kappa shape index (κ1) is 17.0. The van der Waals surface area contributed by atoms with Gasteiger partial charge >= 0.3 is 0 Å². The summed E-state index contributed by atoms with van der Waals surface area (Å²) in [5, 5.41) is 0. The average Bonchev–Trinajstić information content (AvgIpc) is 2.87. The summed E-state index contributed by atoms with van der Waals surface area (Å²) in [6, 6.07) is 4.25. The van der Waals surface area contributed by atoms with Crippen LogP contribution in [0.25, 0.3) is 0 Å². The maximum absolute atomic E-state index is 12.8. The highest BCUT2D eigenvalue weighted by molar-refractivity contribution is 6.01. The summed E-state index contributed by atoms with van der Waals surface area (Å²) in [4.78, 5) is 29.0. The monoisotopic (exact) mass is 329 g/mol. The molecule has 0 bridgehead atoms. The molecule has 0 aromatic heterocycles. The van der Waals surface area contributed by atoms with Crippen molar-refractivity contribution in [1.82, 2.24) is 4.90 Å². The summed E-state index contributed by atoms with van der Waals surface area (Å²) in [6.07, 6.45) is 2.23. The van der Waals surface area contributed by atoms with Gasteiger partial charge in [0.25, 0.3) is 0 Å². The molecule has 0 unspecified atom stereocenters. The second-order valence-electron chi connectivity index (χ2n) is 7.34. The summed E-state index contributed by atoms with van der Waals surface area (Å²) in [7, 11) is 0. The molecule has 5 nitrogen and oxygen atoms in total. The number of hydrogen-bond acceptors (Lipinski definition) is 3. The largest absolute Gasteiger partial charge is 0.341 e. The Kier molecular flexibility index (Phi) is 4.63. The highest BCUT2D eigenvalue weighted by atomic mass is 16.2. The number of nitrogens with two attached hydrogens (primary N) is 1. The maximum Gasteiger partial charge on any atom is 0.228 e. The van der Waals surface area contributed by atoms with Gasteiger partial charge in [-0.05, 0) is 44.7 Å². The number of carbonyl (C=O) groups excluding carboxylic acids is 2. The van der Waals surface area contributed by atoms with Gasteiger partial charge in [-0.25, -0.2) is 0 Å². The van der Waals surface area contributed by atoms with Gasteiger partial charge in [-0.2, -0.15) is 0 Å². The number of nitrogens with zero attached hydrogens (tertiary/aromatic N) is 2. The molecule has 1 aromatic rings. The Balaban J connectivity index is 1.78. The van der Waals surface area contributed by atoms with Gasteiger partial charge in [-0.3, -0.25) is 9.59 Å². The Morgan fingerprint density at radius 2 is 1.83 bits per heavy atom. The van der Waals surface area contributed by atoms with Crippen LogP contribution >= 0.6 is 0 Å². The number of aryl methyl sites for hydroxylation is 3. The fourth-order valence-electron chi connectivity index (χ4n) is 4.16. The van der Waals surface area contributed by atoms with Crippen LogP contribution in [0, 0.1) is 26.7 Å². The van der Waals surface area contributed by atoms with Crippen molar-refractivity contribution in [2.24, 2.45) is 11.7 Å². The zero-order valence-corrected chi connectivity index (χ0v) is 14.8. The van der Waals surface area contributed by atoms with Crippen molar-refractivity contribution < 1.29 is 9.59 Å². The van der Waals surface area contributed by atoms with Gasteiger partial charge in [0.2, 0.25) is 11.8 Å². The minimum absolute atomic E-state index is 0.0460. The zero-order chi connectivity index (χ0) is 17.4. The summed E-state index contributed by atoms with van der Waals surface area (Å²) in [5.74, 6) is -0.115. The molecule has 2 N–H and O–H groups in total. The highest BCUT2D eigenvalue weighted by Gasteiger charge is 2.38. The number of anilines is 1. The van der Waals surface area contributed by atoms with E-state index in [1.807, 2.05) is 18.7 Å². The van der Waals surface area contributed by atoms with Gasteiger partial charge in [0.1, 0.15) is 0 Å². The van der Waals surface area contributed by atoms with Gasteiger partial charge in [0.05, 0.1) is 5.92 Å². The summed E-state index contributed by atoms with van der Waals surface area (Å²) in [6.45, 7) is 7.98. The molecule has 2 aliphatic heterocycles. The number of benzene rings is 1. The van der Waals surface area contributed by atoms with E-state index >= 15 is 0 Å². The van der Waals surface area contributed by atoms with Crippen LogP contribution in [0.4, 0.5) is 5.69 Å². The molecule has 1 aromatic carbocycles. The van der Waals surface area contributed by atoms with Crippen molar-refractivity contribution in [3.05, 3.63) is 28.8 Å². The topological polar surface area (TPSA) is 66.6 Å². The molecular formula is C19H27N3O2. The molecule has 2 saturated heterocycles. The van der Waals surface area contributed by atoms with E-state index in [1.165, 1.54) is 5.56 Å². The molecule has 5 heteroatoms. The molecule has 0 radical (unpaired) electrons. The van der Waals surface area contributed by atoms with E-state index in [1.54, 1.807) is 4.90 Å². The van der Waals surface area contributed by atoms with Crippen LogP contribution in [0.2, 0.25) is 0 Å². The predicted octanol–water partition coefficient (Wildman–Crippen LogP) is 1.91. The van der Waals surface area contributed by atoms with E-state index in [0.717, 1.165) is 36.2 Å². The van der Waals surface area contributed by atoms with Crippen molar-refractivity contribution in [2.75, 3.05) is 24.5 Å². The minimum Gasteiger partial charge on any atom is -0.341 e. The normalized spacial score (nSPS) is 24.6. The first-order valence-corrected chi connectivity index (χ1v) is 8.79. The van der Waals surface area contributed by atoms with E-state index in [-0.39, 0.29) is 23.8 Å². The molecule has 2 heterocycles. The lowest BCUT2D eigenvalue weighted by atomic mass is 10.0. The quantitative estimate of drug-likeness (QED) is 0.901. The Labute approximate surface area is 143 Å². The van der Waals surface area contributed by atoms with Gasteiger partial charge < -0.3 is 15.5 Å². The molecular weight excluding hydrogens is 302 g/mol. The van der Waals surface area contributed by atoms with Gasteiger partial charge in [0, 0.05) is 37.8 Å². The molecule has 24 heavy (non-hydrogen) atoms. The van der Waals surface area contributed by atoms with Crippen molar-refractivity contribution >= 4 is 17.5 Å². The average molecular weight is 329 g/mol. The van der Waals surface area contributed by atoms with Gasteiger partial charge in [0.15, 0.2) is 0 Å². The van der Waals surface area contributed by atoms with Crippen LogP contribution in [0.3, 0.4) is 0 Å². The maximum atomic E-state index is 12.8. The van der Waals surface area contributed by atoms with Crippen LogP contribution in [0.15, 0.2) is 12.1 Å². The molecule has 0 aliphatic carbocycles. The zero-order valence-electron chi connectivity index (χ0n) is 14.8. The van der Waals surface area contributed by atoms with Crippen LogP contribution in [-0.4, -0.2) is 42.4 Å². The lowest BCUT2D eigenvalue weighted by molar-refractivity contribution is -0.136. The molecule has 0 spiro atoms. The Morgan fingerprint density at radius 1 is 1.17 bits per heavy atom. The number of piperidine rings is 1. The van der Waals surface area contributed by atoms with Crippen LogP contribution in [0.1, 0.15) is 36.0 Å². The SMILES string of the molecule is Cc1cc(C)c(N2C[C@@H](C(=O)N3CCC[C@@H](N)C3)CC2=O)c(C)c1. The van der Waals surface area contributed by atoms with Crippen molar-refractivity contribution in [1.29, 1.82) is 0 Å². The first-order chi connectivity index (χ1) is 11.4. The van der Waals surface area contributed by atoms with Gasteiger partial charge in [-0.1, -0.05) is 17.7 Å². The van der Waals surface area contributed by atoms with E-state index in [2.05, 4.69) is 19.1 Å². The lowest BCUT2D eigenvalue weighted by Crippen LogP contribution is -2.48. The van der Waals surface area contributed by atoms with Crippen LogP contribution in [0.5, 0.6) is 0 Å². The summed E-state index contributed by atoms with van der Waals surface area (Å²) < 4.78 is 0. The van der Waals surface area contributed by atoms with E-state index in [9.17, 15) is 9.59 Å². The molecule has 0 saturated carbocycles. The predicted molar refractivity (Wildman–Crippen MR) is 94.9 cm³/mol. The molecule has 2 aliphatic rings. The van der Waals surface area contributed by atoms with Crippen molar-refractivity contribution in [2.45, 2.75) is 46.1 Å². The van der Waals surface area contributed by atoms with E-state index in [4.69, 9.17) is 5.73 Å². The number of likely N-dealkylation sites (tertiary alicyclic amines) is 1. The third-order valence-electron chi connectivity index (χ3n) is 5.15. The molecule has 130 valence electrons. The Morgan fingerprint density at radius 3 is 2.46 bits per heavy atom. The standard InChI is InChI=1S/C19H27N3O2/c1-12-7-13(2)18(14(3)8-12)22-10-15(9-17(22)23)19(24)21-6-4-5-16(20)11-21/h7-8,15-16H,4-6,9-11,20H2,1-3H3/t15-,16+/m0/s1. The van der Waals surface area contributed by atoms with E-state index < -0.39 is 0 Å². The minimum atomic E-state index is -0.247. The molecule has 3 rings (SSSR count). The second kappa shape index (κ2) is 6.55. The second-order valence-corrected chi connectivity index (χ2v) is 7.34. The fourth-order valence-corrected chi connectivity index (χ4v) is 4.16. The first-order valence-electron chi connectivity index (χ1n) is 8.79. The van der Waals surface area contributed by atoms with Crippen molar-refractivity contribution in [3.63, 3.8) is 0 Å². The summed E-state index contributed by atoms with van der Waals surface area (Å²) >= 11 is 0. The summed E-state index contributed by atoms with van der Waals surface area (Å²) in [5.41, 5.74) is 10.3. The fraction of sp³-hybridized carbons (Fsp3) is 0.579.